The summed E-state index contributed by atoms with van der Waals surface area (Å²) < 4.78 is 0. The molecule has 0 aliphatic carbocycles. The molecule has 1 atom stereocenters. The van der Waals surface area contributed by atoms with Gasteiger partial charge in [0.25, 0.3) is 0 Å². The lowest BCUT2D eigenvalue weighted by atomic mass is 9.92. The van der Waals surface area contributed by atoms with Gasteiger partial charge in [-0.1, -0.05) is 129 Å². The lowest BCUT2D eigenvalue weighted by molar-refractivity contribution is -0.117. The van der Waals surface area contributed by atoms with Crippen molar-refractivity contribution in [3.05, 3.63) is 0 Å². The summed E-state index contributed by atoms with van der Waals surface area (Å²) in [7, 11) is 0. The van der Waals surface area contributed by atoms with E-state index in [1.807, 2.05) is 0 Å². The number of ketones is 1. The Kier molecular flexibility index (Phi) is 20.7. The van der Waals surface area contributed by atoms with E-state index in [2.05, 4.69) is 13.8 Å². The standard InChI is InChI=1S/C25H50O/c1-4-6-7-19-22-25(5-2)23-20-17-15-13-11-9-8-10-12-14-16-18-21-24(3)26/h25H,4-23H2,1-3H3. The van der Waals surface area contributed by atoms with Crippen molar-refractivity contribution in [1.82, 2.24) is 0 Å². The molecule has 0 bridgehead atoms. The summed E-state index contributed by atoms with van der Waals surface area (Å²) in [5.41, 5.74) is 0. The van der Waals surface area contributed by atoms with E-state index in [-0.39, 0.29) is 0 Å². The van der Waals surface area contributed by atoms with E-state index in [9.17, 15) is 4.79 Å². The Bertz CT molecular complexity index is 284. The summed E-state index contributed by atoms with van der Waals surface area (Å²) in [5, 5.41) is 0. The maximum atomic E-state index is 10.9. The van der Waals surface area contributed by atoms with Crippen molar-refractivity contribution >= 4 is 5.78 Å². The number of Topliss-reactive ketones (excluding diaryl/α,β-unsaturated/α-hetero) is 1. The predicted molar refractivity (Wildman–Crippen MR) is 118 cm³/mol. The third kappa shape index (κ3) is 20.0. The lowest BCUT2D eigenvalue weighted by Gasteiger charge is -2.14. The van der Waals surface area contributed by atoms with Crippen LogP contribution >= 0.6 is 0 Å². The summed E-state index contributed by atoms with van der Waals surface area (Å²) in [6.07, 6.45) is 27.4. The Morgan fingerprint density at radius 3 is 1.35 bits per heavy atom. The zero-order valence-electron chi connectivity index (χ0n) is 18.6. The second-order valence-electron chi connectivity index (χ2n) is 8.61. The van der Waals surface area contributed by atoms with Crippen LogP contribution in [0.4, 0.5) is 0 Å². The molecule has 0 aliphatic rings. The number of rotatable bonds is 21. The Morgan fingerprint density at radius 1 is 0.577 bits per heavy atom. The molecule has 0 aromatic heterocycles. The normalized spacial score (nSPS) is 12.4. The van der Waals surface area contributed by atoms with E-state index in [4.69, 9.17) is 0 Å². The highest BCUT2D eigenvalue weighted by Gasteiger charge is 2.05. The second-order valence-corrected chi connectivity index (χ2v) is 8.61. The molecule has 0 amide bonds. The predicted octanol–water partition coefficient (Wildman–Crippen LogP) is 9.03. The van der Waals surface area contributed by atoms with Crippen LogP contribution in [0.5, 0.6) is 0 Å². The van der Waals surface area contributed by atoms with Crippen LogP contribution in [-0.4, -0.2) is 5.78 Å². The largest absolute Gasteiger partial charge is 0.300 e. The summed E-state index contributed by atoms with van der Waals surface area (Å²) in [4.78, 5) is 10.9. The molecule has 0 radical (unpaired) electrons. The van der Waals surface area contributed by atoms with Crippen molar-refractivity contribution in [3.63, 3.8) is 0 Å². The van der Waals surface area contributed by atoms with Crippen LogP contribution in [0.25, 0.3) is 0 Å². The van der Waals surface area contributed by atoms with Crippen LogP contribution in [0.15, 0.2) is 0 Å². The number of carbonyl (C=O) groups is 1. The van der Waals surface area contributed by atoms with Crippen LogP contribution in [-0.2, 0) is 4.79 Å². The molecule has 0 spiro atoms. The third-order valence-electron chi connectivity index (χ3n) is 5.93. The fourth-order valence-corrected chi connectivity index (χ4v) is 3.99. The first-order chi connectivity index (χ1) is 12.7. The molecule has 0 aromatic rings. The minimum absolute atomic E-state index is 0.349. The van der Waals surface area contributed by atoms with Crippen LogP contribution in [0.1, 0.15) is 149 Å². The highest BCUT2D eigenvalue weighted by atomic mass is 16.1. The second kappa shape index (κ2) is 21.0. The first kappa shape index (κ1) is 25.7. The van der Waals surface area contributed by atoms with Gasteiger partial charge in [0.15, 0.2) is 0 Å². The molecule has 0 rings (SSSR count). The highest BCUT2D eigenvalue weighted by Crippen LogP contribution is 2.21. The van der Waals surface area contributed by atoms with Gasteiger partial charge in [-0.25, -0.2) is 0 Å². The van der Waals surface area contributed by atoms with Gasteiger partial charge in [0, 0.05) is 6.42 Å². The van der Waals surface area contributed by atoms with Crippen molar-refractivity contribution in [3.8, 4) is 0 Å². The summed E-state index contributed by atoms with van der Waals surface area (Å²) in [6, 6.07) is 0. The van der Waals surface area contributed by atoms with E-state index >= 15 is 0 Å². The number of carbonyl (C=O) groups excluding carboxylic acids is 1. The lowest BCUT2D eigenvalue weighted by Crippen LogP contribution is -1.99. The van der Waals surface area contributed by atoms with Gasteiger partial charge < -0.3 is 4.79 Å². The Hall–Kier alpha value is -0.330. The van der Waals surface area contributed by atoms with E-state index < -0.39 is 0 Å². The van der Waals surface area contributed by atoms with Crippen molar-refractivity contribution in [2.75, 3.05) is 0 Å². The maximum Gasteiger partial charge on any atom is 0.129 e. The molecule has 0 fully saturated rings. The summed E-state index contributed by atoms with van der Waals surface area (Å²) in [5.74, 6) is 1.35. The molecular weight excluding hydrogens is 316 g/mol. The van der Waals surface area contributed by atoms with Crippen molar-refractivity contribution < 1.29 is 4.79 Å². The number of unbranched alkanes of at least 4 members (excludes halogenated alkanes) is 14. The zero-order valence-corrected chi connectivity index (χ0v) is 18.6. The fraction of sp³-hybridized carbons (Fsp3) is 0.960. The number of hydrogen-bond donors (Lipinski definition) is 0. The Labute approximate surface area is 166 Å². The van der Waals surface area contributed by atoms with Crippen molar-refractivity contribution in [2.45, 2.75) is 149 Å². The van der Waals surface area contributed by atoms with E-state index in [1.54, 1.807) is 6.92 Å². The topological polar surface area (TPSA) is 17.1 Å². The smallest absolute Gasteiger partial charge is 0.129 e. The molecule has 0 saturated heterocycles. The van der Waals surface area contributed by atoms with E-state index in [0.717, 1.165) is 18.8 Å². The minimum atomic E-state index is 0.349. The van der Waals surface area contributed by atoms with Gasteiger partial charge in [0.2, 0.25) is 0 Å². The minimum Gasteiger partial charge on any atom is -0.300 e. The van der Waals surface area contributed by atoms with Gasteiger partial charge >= 0.3 is 0 Å². The molecule has 26 heavy (non-hydrogen) atoms. The summed E-state index contributed by atoms with van der Waals surface area (Å²) >= 11 is 0. The van der Waals surface area contributed by atoms with Crippen LogP contribution in [0, 0.1) is 5.92 Å². The average molecular weight is 367 g/mol. The highest BCUT2D eigenvalue weighted by molar-refractivity contribution is 5.75. The molecule has 1 unspecified atom stereocenters. The molecule has 0 heterocycles. The first-order valence-electron chi connectivity index (χ1n) is 12.2. The molecule has 1 nitrogen and oxygen atoms in total. The average Bonchev–Trinajstić information content (AvgIpc) is 2.63. The quantitative estimate of drug-likeness (QED) is 0.185. The van der Waals surface area contributed by atoms with E-state index in [1.165, 1.54) is 116 Å². The Morgan fingerprint density at radius 2 is 0.962 bits per heavy atom. The van der Waals surface area contributed by atoms with Crippen LogP contribution in [0.3, 0.4) is 0 Å². The molecule has 0 N–H and O–H groups in total. The monoisotopic (exact) mass is 366 g/mol. The van der Waals surface area contributed by atoms with Crippen LogP contribution in [0.2, 0.25) is 0 Å². The SMILES string of the molecule is CCCCCCC(CC)CCCCCCCCCCCCCCC(C)=O. The zero-order chi connectivity index (χ0) is 19.3. The van der Waals surface area contributed by atoms with Gasteiger partial charge in [0.05, 0.1) is 0 Å². The fourth-order valence-electron chi connectivity index (χ4n) is 3.99. The molecule has 0 saturated carbocycles. The van der Waals surface area contributed by atoms with Crippen molar-refractivity contribution in [2.24, 2.45) is 5.92 Å². The number of hydrogen-bond acceptors (Lipinski definition) is 1. The maximum absolute atomic E-state index is 10.9. The molecule has 1 heteroatoms. The summed E-state index contributed by atoms with van der Waals surface area (Å²) in [6.45, 7) is 6.39. The first-order valence-corrected chi connectivity index (χ1v) is 12.2. The van der Waals surface area contributed by atoms with Gasteiger partial charge in [-0.05, 0) is 19.3 Å². The van der Waals surface area contributed by atoms with E-state index in [0.29, 0.717) is 5.78 Å². The Balaban J connectivity index is 3.21. The molecular formula is C25H50O. The van der Waals surface area contributed by atoms with Gasteiger partial charge in [-0.3, -0.25) is 0 Å². The molecule has 0 aliphatic heterocycles. The molecule has 0 aromatic carbocycles. The molecule has 156 valence electrons. The van der Waals surface area contributed by atoms with Crippen molar-refractivity contribution in [1.29, 1.82) is 0 Å². The van der Waals surface area contributed by atoms with Gasteiger partial charge in [0.1, 0.15) is 5.78 Å². The third-order valence-corrected chi connectivity index (χ3v) is 5.93. The van der Waals surface area contributed by atoms with Crippen LogP contribution < -0.4 is 0 Å². The van der Waals surface area contributed by atoms with Gasteiger partial charge in [-0.2, -0.15) is 0 Å². The van der Waals surface area contributed by atoms with Gasteiger partial charge in [-0.15, -0.1) is 0 Å².